The van der Waals surface area contributed by atoms with Gasteiger partial charge < -0.3 is 24.6 Å². The fraction of sp³-hybridized carbons (Fsp3) is 0.364. The molecule has 0 bridgehead atoms. The van der Waals surface area contributed by atoms with Crippen LogP contribution in [0.3, 0.4) is 0 Å². The van der Waals surface area contributed by atoms with Gasteiger partial charge in [-0.25, -0.2) is 0 Å². The summed E-state index contributed by atoms with van der Waals surface area (Å²) < 4.78 is 10.4. The molecule has 3 rings (SSSR count). The minimum Gasteiger partial charge on any atom is -0.497 e. The van der Waals surface area contributed by atoms with Crippen LogP contribution in [0.4, 0.5) is 11.4 Å². The highest BCUT2D eigenvalue weighted by Gasteiger charge is 2.27. The van der Waals surface area contributed by atoms with Gasteiger partial charge >= 0.3 is 11.8 Å². The molecule has 1 aliphatic heterocycles. The largest absolute Gasteiger partial charge is 0.497 e. The van der Waals surface area contributed by atoms with Crippen molar-refractivity contribution in [1.29, 1.82) is 0 Å². The SMILES string of the molecule is COc1ccc(NC(=O)C(=O)N2CCN(c3cccc(C)c3C)CC2)c(OC)c1. The minimum absolute atomic E-state index is 0.431. The lowest BCUT2D eigenvalue weighted by Gasteiger charge is -2.36. The smallest absolute Gasteiger partial charge is 0.314 e. The fourth-order valence-electron chi connectivity index (χ4n) is 3.45. The van der Waals surface area contributed by atoms with Crippen molar-refractivity contribution >= 4 is 23.2 Å². The molecule has 1 heterocycles. The Bertz CT molecular complexity index is 905. The summed E-state index contributed by atoms with van der Waals surface area (Å²) in [6.07, 6.45) is 0. The van der Waals surface area contributed by atoms with Gasteiger partial charge in [0, 0.05) is 37.9 Å². The first-order valence-electron chi connectivity index (χ1n) is 9.58. The quantitative estimate of drug-likeness (QED) is 0.803. The minimum atomic E-state index is -0.673. The highest BCUT2D eigenvalue weighted by atomic mass is 16.5. The van der Waals surface area contributed by atoms with Crippen LogP contribution < -0.4 is 19.7 Å². The Hall–Kier alpha value is -3.22. The summed E-state index contributed by atoms with van der Waals surface area (Å²) in [6.45, 7) is 6.58. The van der Waals surface area contributed by atoms with E-state index in [4.69, 9.17) is 9.47 Å². The number of benzene rings is 2. The summed E-state index contributed by atoms with van der Waals surface area (Å²) in [7, 11) is 3.05. The van der Waals surface area contributed by atoms with E-state index in [1.807, 2.05) is 6.07 Å². The number of amides is 2. The molecule has 0 aliphatic carbocycles. The molecule has 0 unspecified atom stereocenters. The Kier molecular flexibility index (Phi) is 6.26. The molecule has 0 aromatic heterocycles. The van der Waals surface area contributed by atoms with Crippen LogP contribution in [0.1, 0.15) is 11.1 Å². The number of carbonyl (C=O) groups excluding carboxylic acids is 2. The Morgan fingerprint density at radius 2 is 1.69 bits per heavy atom. The molecule has 7 nitrogen and oxygen atoms in total. The van der Waals surface area contributed by atoms with Crippen LogP contribution in [0.5, 0.6) is 11.5 Å². The first kappa shape index (κ1) is 20.5. The molecule has 2 aromatic carbocycles. The van der Waals surface area contributed by atoms with E-state index in [9.17, 15) is 9.59 Å². The van der Waals surface area contributed by atoms with Crippen molar-refractivity contribution in [2.45, 2.75) is 13.8 Å². The highest BCUT2D eigenvalue weighted by Crippen LogP contribution is 2.29. The number of methoxy groups -OCH3 is 2. The zero-order valence-corrected chi connectivity index (χ0v) is 17.3. The average Bonchev–Trinajstić information content (AvgIpc) is 2.75. The number of piperazine rings is 1. The van der Waals surface area contributed by atoms with Crippen LogP contribution >= 0.6 is 0 Å². The molecule has 1 aliphatic rings. The second-order valence-corrected chi connectivity index (χ2v) is 7.02. The number of hydrogen-bond acceptors (Lipinski definition) is 5. The van der Waals surface area contributed by atoms with Crippen LogP contribution in [0.2, 0.25) is 0 Å². The number of aryl methyl sites for hydroxylation is 1. The fourth-order valence-corrected chi connectivity index (χ4v) is 3.45. The standard InChI is InChI=1S/C22H27N3O4/c1-15-6-5-7-19(16(15)2)24-10-12-25(13-11-24)22(27)21(26)23-18-9-8-17(28-3)14-20(18)29-4/h5-9,14H,10-13H2,1-4H3,(H,23,26). The predicted octanol–water partition coefficient (Wildman–Crippen LogP) is 2.61. The Morgan fingerprint density at radius 1 is 0.966 bits per heavy atom. The number of hydrogen-bond donors (Lipinski definition) is 1. The molecule has 0 spiro atoms. The molecule has 1 fully saturated rings. The van der Waals surface area contributed by atoms with E-state index in [0.717, 1.165) is 0 Å². The number of nitrogens with one attached hydrogen (secondary N) is 1. The topological polar surface area (TPSA) is 71.1 Å². The lowest BCUT2D eigenvalue weighted by atomic mass is 10.1. The maximum atomic E-state index is 12.6. The molecule has 1 N–H and O–H groups in total. The number of rotatable bonds is 4. The molecule has 29 heavy (non-hydrogen) atoms. The average molecular weight is 397 g/mol. The molecule has 7 heteroatoms. The van der Waals surface area contributed by atoms with Crippen molar-refractivity contribution in [2.75, 3.05) is 50.6 Å². The molecule has 1 saturated heterocycles. The molecule has 0 atom stereocenters. The van der Waals surface area contributed by atoms with Gasteiger partial charge in [0.25, 0.3) is 0 Å². The number of ether oxygens (including phenoxy) is 2. The molecule has 0 saturated carbocycles. The molecule has 154 valence electrons. The molecular formula is C22H27N3O4. The van der Waals surface area contributed by atoms with Crippen molar-refractivity contribution in [1.82, 2.24) is 4.90 Å². The van der Waals surface area contributed by atoms with E-state index in [-0.39, 0.29) is 0 Å². The van der Waals surface area contributed by atoms with E-state index in [0.29, 0.717) is 43.4 Å². The van der Waals surface area contributed by atoms with E-state index < -0.39 is 11.8 Å². The number of nitrogens with zero attached hydrogens (tertiary/aromatic N) is 2. The van der Waals surface area contributed by atoms with Gasteiger partial charge in [0.15, 0.2) is 0 Å². The van der Waals surface area contributed by atoms with Gasteiger partial charge in [0.2, 0.25) is 0 Å². The highest BCUT2D eigenvalue weighted by molar-refractivity contribution is 6.39. The van der Waals surface area contributed by atoms with Gasteiger partial charge in [-0.15, -0.1) is 0 Å². The summed E-state index contributed by atoms with van der Waals surface area (Å²) in [4.78, 5) is 29.0. The van der Waals surface area contributed by atoms with Crippen LogP contribution in [-0.4, -0.2) is 57.1 Å². The Morgan fingerprint density at radius 3 is 2.34 bits per heavy atom. The zero-order valence-electron chi connectivity index (χ0n) is 17.3. The van der Waals surface area contributed by atoms with Gasteiger partial charge in [0.05, 0.1) is 19.9 Å². The third-order valence-electron chi connectivity index (χ3n) is 5.33. The molecule has 0 radical (unpaired) electrons. The number of anilines is 2. The van der Waals surface area contributed by atoms with Crippen LogP contribution in [0.15, 0.2) is 36.4 Å². The first-order chi connectivity index (χ1) is 13.9. The van der Waals surface area contributed by atoms with Crippen molar-refractivity contribution in [2.24, 2.45) is 0 Å². The maximum Gasteiger partial charge on any atom is 0.314 e. The van der Waals surface area contributed by atoms with Crippen LogP contribution in [-0.2, 0) is 9.59 Å². The van der Waals surface area contributed by atoms with Crippen molar-refractivity contribution in [3.05, 3.63) is 47.5 Å². The summed E-state index contributed by atoms with van der Waals surface area (Å²) in [6, 6.07) is 11.2. The zero-order chi connectivity index (χ0) is 21.0. The van der Waals surface area contributed by atoms with E-state index in [1.165, 1.54) is 23.9 Å². The van der Waals surface area contributed by atoms with Crippen molar-refractivity contribution in [3.8, 4) is 11.5 Å². The second kappa shape index (κ2) is 8.86. The Balaban J connectivity index is 1.62. The molecule has 2 aromatic rings. The monoisotopic (exact) mass is 397 g/mol. The van der Waals surface area contributed by atoms with Gasteiger partial charge in [-0.2, -0.15) is 0 Å². The predicted molar refractivity (Wildman–Crippen MR) is 113 cm³/mol. The Labute approximate surface area is 171 Å². The summed E-state index contributed by atoms with van der Waals surface area (Å²) in [5.74, 6) is -0.170. The van der Waals surface area contributed by atoms with Gasteiger partial charge in [0.1, 0.15) is 11.5 Å². The van der Waals surface area contributed by atoms with E-state index >= 15 is 0 Å². The summed E-state index contributed by atoms with van der Waals surface area (Å²) in [5.41, 5.74) is 4.11. The van der Waals surface area contributed by atoms with Crippen molar-refractivity contribution in [3.63, 3.8) is 0 Å². The number of carbonyl (C=O) groups is 2. The lowest BCUT2D eigenvalue weighted by Crippen LogP contribution is -2.51. The second-order valence-electron chi connectivity index (χ2n) is 7.02. The van der Waals surface area contributed by atoms with Gasteiger partial charge in [-0.1, -0.05) is 12.1 Å². The van der Waals surface area contributed by atoms with E-state index in [1.54, 1.807) is 30.2 Å². The summed E-state index contributed by atoms with van der Waals surface area (Å²) in [5, 5.41) is 2.65. The normalized spacial score (nSPS) is 13.8. The summed E-state index contributed by atoms with van der Waals surface area (Å²) >= 11 is 0. The van der Waals surface area contributed by atoms with Crippen molar-refractivity contribution < 1.29 is 19.1 Å². The third kappa shape index (κ3) is 4.45. The van der Waals surface area contributed by atoms with Gasteiger partial charge in [-0.3, -0.25) is 9.59 Å². The van der Waals surface area contributed by atoms with E-state index in [2.05, 4.69) is 36.2 Å². The molecule has 2 amide bonds. The van der Waals surface area contributed by atoms with Crippen LogP contribution in [0, 0.1) is 13.8 Å². The first-order valence-corrected chi connectivity index (χ1v) is 9.58. The lowest BCUT2D eigenvalue weighted by molar-refractivity contribution is -0.143. The van der Waals surface area contributed by atoms with Crippen LogP contribution in [0.25, 0.3) is 0 Å². The molecular weight excluding hydrogens is 370 g/mol. The van der Waals surface area contributed by atoms with Gasteiger partial charge in [-0.05, 0) is 43.2 Å². The third-order valence-corrected chi connectivity index (χ3v) is 5.33. The maximum absolute atomic E-state index is 12.6.